The van der Waals surface area contributed by atoms with Crippen LogP contribution >= 0.6 is 0 Å². The highest BCUT2D eigenvalue weighted by atomic mass is 32.2. The fourth-order valence-corrected chi connectivity index (χ4v) is 1.19. The van der Waals surface area contributed by atoms with Gasteiger partial charge in [-0.25, -0.2) is 0 Å². The molecule has 0 spiro atoms. The summed E-state index contributed by atoms with van der Waals surface area (Å²) < 4.78 is 13.3. The Bertz CT molecular complexity index is 42.1. The second kappa shape index (κ2) is 1.82. The quantitative estimate of drug-likeness (QED) is 0.454. The molecule has 2 nitrogen and oxygen atoms in total. The zero-order valence-corrected chi connectivity index (χ0v) is 4.20. The third kappa shape index (κ3) is 0.864. The van der Waals surface area contributed by atoms with E-state index in [1.165, 1.54) is 0 Å². The van der Waals surface area contributed by atoms with E-state index in [-0.39, 0.29) is 0 Å². The van der Waals surface area contributed by atoms with Crippen LogP contribution in [0.5, 0.6) is 0 Å². The molecular formula is C3H7O2S+. The van der Waals surface area contributed by atoms with Crippen molar-refractivity contribution in [2.45, 2.75) is 6.42 Å². The lowest BCUT2D eigenvalue weighted by Gasteiger charge is -1.76. The second-order valence-electron chi connectivity index (χ2n) is 1.20. The van der Waals surface area contributed by atoms with Gasteiger partial charge >= 0.3 is 11.5 Å². The molecule has 1 aliphatic heterocycles. The molecule has 1 saturated heterocycles. The van der Waals surface area contributed by atoms with Gasteiger partial charge in [0.15, 0.2) is 5.75 Å². The van der Waals surface area contributed by atoms with E-state index in [4.69, 9.17) is 8.74 Å². The first kappa shape index (κ1) is 4.43. The van der Waals surface area contributed by atoms with Crippen molar-refractivity contribution in [3.8, 4) is 0 Å². The molecule has 36 valence electrons. The molecule has 0 aliphatic carbocycles. The normalized spacial score (nSPS) is 34.5. The van der Waals surface area contributed by atoms with Gasteiger partial charge in [0.05, 0.1) is 0 Å². The summed E-state index contributed by atoms with van der Waals surface area (Å²) in [4.78, 5) is 0. The molecule has 0 aromatic carbocycles. The molecule has 1 heterocycles. The van der Waals surface area contributed by atoms with Gasteiger partial charge in [0, 0.05) is 6.42 Å². The van der Waals surface area contributed by atoms with Crippen molar-refractivity contribution < 1.29 is 8.74 Å². The molecule has 1 rings (SSSR count). The average molecular weight is 107 g/mol. The highest BCUT2D eigenvalue weighted by Crippen LogP contribution is 2.05. The van der Waals surface area contributed by atoms with Crippen LogP contribution in [0, 0.1) is 0 Å². The molecule has 0 saturated carbocycles. The number of rotatable bonds is 0. The molecule has 1 atom stereocenters. The molecule has 0 aromatic heterocycles. The van der Waals surface area contributed by atoms with Crippen LogP contribution in [0.1, 0.15) is 6.42 Å². The zero-order valence-electron chi connectivity index (χ0n) is 3.39. The summed E-state index contributed by atoms with van der Waals surface area (Å²) in [5.41, 5.74) is 0. The molecule has 3 heteroatoms. The minimum atomic E-state index is -0.673. The van der Waals surface area contributed by atoms with Crippen molar-refractivity contribution in [2.24, 2.45) is 0 Å². The zero-order chi connectivity index (χ0) is 4.41. The van der Waals surface area contributed by atoms with Crippen molar-refractivity contribution in [1.29, 1.82) is 0 Å². The van der Waals surface area contributed by atoms with E-state index in [0.717, 1.165) is 18.8 Å². The molecule has 0 amide bonds. The Morgan fingerprint density at radius 2 is 2.50 bits per heavy atom. The SMILES string of the molecule is O[S+]1CCCO1. The molecule has 0 aromatic rings. The predicted molar refractivity (Wildman–Crippen MR) is 25.4 cm³/mol. The summed E-state index contributed by atoms with van der Waals surface area (Å²) in [5, 5.41) is 0. The van der Waals surface area contributed by atoms with E-state index in [9.17, 15) is 0 Å². The van der Waals surface area contributed by atoms with E-state index >= 15 is 0 Å². The van der Waals surface area contributed by atoms with Crippen molar-refractivity contribution >= 4 is 11.5 Å². The maximum atomic E-state index is 8.53. The van der Waals surface area contributed by atoms with Crippen LogP contribution in [0.2, 0.25) is 0 Å². The van der Waals surface area contributed by atoms with Crippen molar-refractivity contribution in [1.82, 2.24) is 0 Å². The Hall–Kier alpha value is 0.270. The average Bonchev–Trinajstić information content (AvgIpc) is 1.86. The van der Waals surface area contributed by atoms with Gasteiger partial charge in [-0.3, -0.25) is 0 Å². The van der Waals surface area contributed by atoms with Gasteiger partial charge in [-0.15, -0.1) is 4.18 Å². The van der Waals surface area contributed by atoms with E-state index in [1.54, 1.807) is 0 Å². The standard InChI is InChI=1S/C3H7O2S/c4-6-3-1-2-5-6/h4H,1-3H2/q+1. The van der Waals surface area contributed by atoms with Crippen LogP contribution in [0.3, 0.4) is 0 Å². The Balaban J connectivity index is 2.18. The first-order chi connectivity index (χ1) is 2.89. The molecule has 1 aliphatic rings. The Kier molecular flexibility index (Phi) is 1.34. The second-order valence-corrected chi connectivity index (χ2v) is 2.49. The lowest BCUT2D eigenvalue weighted by Crippen LogP contribution is -1.96. The van der Waals surface area contributed by atoms with Gasteiger partial charge in [0.1, 0.15) is 6.61 Å². The first-order valence-corrected chi connectivity index (χ1v) is 3.20. The molecule has 1 N–H and O–H groups in total. The van der Waals surface area contributed by atoms with Crippen LogP contribution < -0.4 is 0 Å². The monoisotopic (exact) mass is 107 g/mol. The van der Waals surface area contributed by atoms with Crippen molar-refractivity contribution in [2.75, 3.05) is 12.4 Å². The minimum absolute atomic E-state index is 0.673. The summed E-state index contributed by atoms with van der Waals surface area (Å²) in [5.74, 6) is 0.847. The van der Waals surface area contributed by atoms with E-state index in [1.807, 2.05) is 0 Å². The summed E-state index contributed by atoms with van der Waals surface area (Å²) in [6, 6.07) is 0. The predicted octanol–water partition coefficient (Wildman–Crippen LogP) is 0.413. The minimum Gasteiger partial charge on any atom is -0.155 e. The molecule has 1 unspecified atom stereocenters. The molecule has 0 bridgehead atoms. The molecule has 0 radical (unpaired) electrons. The summed E-state index contributed by atoms with van der Waals surface area (Å²) >= 11 is -0.673. The Morgan fingerprint density at radius 3 is 2.67 bits per heavy atom. The van der Waals surface area contributed by atoms with Gasteiger partial charge in [-0.05, 0) is 0 Å². The van der Waals surface area contributed by atoms with Crippen molar-refractivity contribution in [3.05, 3.63) is 0 Å². The van der Waals surface area contributed by atoms with Gasteiger partial charge in [0.25, 0.3) is 0 Å². The van der Waals surface area contributed by atoms with Crippen molar-refractivity contribution in [3.63, 3.8) is 0 Å². The van der Waals surface area contributed by atoms with E-state index in [0.29, 0.717) is 0 Å². The van der Waals surface area contributed by atoms with Crippen LogP contribution in [0.4, 0.5) is 0 Å². The maximum Gasteiger partial charge on any atom is 0.312 e. The van der Waals surface area contributed by atoms with Gasteiger partial charge in [0.2, 0.25) is 0 Å². The summed E-state index contributed by atoms with van der Waals surface area (Å²) in [6.07, 6.45) is 1.03. The third-order valence-corrected chi connectivity index (χ3v) is 1.76. The topological polar surface area (TPSA) is 29.5 Å². The van der Waals surface area contributed by atoms with Gasteiger partial charge in [-0.2, -0.15) is 4.55 Å². The highest BCUT2D eigenvalue weighted by Gasteiger charge is 2.23. The number of hydrogen-bond acceptors (Lipinski definition) is 2. The lowest BCUT2D eigenvalue weighted by atomic mass is 10.5. The maximum absolute atomic E-state index is 8.53. The van der Waals surface area contributed by atoms with Crippen LogP contribution in [0.15, 0.2) is 0 Å². The Labute approximate surface area is 39.9 Å². The van der Waals surface area contributed by atoms with Gasteiger partial charge < -0.3 is 0 Å². The van der Waals surface area contributed by atoms with Crippen LogP contribution in [-0.4, -0.2) is 16.9 Å². The Morgan fingerprint density at radius 1 is 1.67 bits per heavy atom. The van der Waals surface area contributed by atoms with Crippen LogP contribution in [-0.2, 0) is 15.6 Å². The third-order valence-electron chi connectivity index (χ3n) is 0.683. The molecule has 6 heavy (non-hydrogen) atoms. The van der Waals surface area contributed by atoms with E-state index in [2.05, 4.69) is 0 Å². The number of hydrogen-bond donors (Lipinski definition) is 1. The largest absolute Gasteiger partial charge is 0.312 e. The lowest BCUT2D eigenvalue weighted by molar-refractivity contribution is 0.360. The fraction of sp³-hybridized carbons (Fsp3) is 1.00. The van der Waals surface area contributed by atoms with Gasteiger partial charge in [-0.1, -0.05) is 0 Å². The summed E-state index contributed by atoms with van der Waals surface area (Å²) in [6.45, 7) is 0.750. The van der Waals surface area contributed by atoms with Crippen LogP contribution in [0.25, 0.3) is 0 Å². The summed E-state index contributed by atoms with van der Waals surface area (Å²) in [7, 11) is 0. The highest BCUT2D eigenvalue weighted by molar-refractivity contribution is 7.87. The molecule has 1 fully saturated rings. The fourth-order valence-electron chi connectivity index (χ4n) is 0.396. The van der Waals surface area contributed by atoms with E-state index < -0.39 is 11.5 Å². The first-order valence-electron chi connectivity index (χ1n) is 1.93. The smallest absolute Gasteiger partial charge is 0.155 e. The molecular weight excluding hydrogens is 100 g/mol.